The van der Waals surface area contributed by atoms with E-state index in [0.29, 0.717) is 24.7 Å². The van der Waals surface area contributed by atoms with Crippen LogP contribution in [0.25, 0.3) is 0 Å². The second kappa shape index (κ2) is 11.1. The Morgan fingerprint density at radius 1 is 1.20 bits per heavy atom. The molecule has 0 radical (unpaired) electrons. The molecule has 2 aromatic carbocycles. The Labute approximate surface area is 191 Å². The number of para-hydroxylation sites is 1. The standard InChI is InChI=1S/C22H22F3N3O.HI/c1-2-26-21(28-19-12-14-29-20-11-4-3-10-18(19)20)27-13-6-8-16-7-5-9-17(15-16)22(23,24)25;/h3-5,7,9-11,15,19H,2,12-14H2,1H3,(H2,26,27,28);1H. The predicted octanol–water partition coefficient (Wildman–Crippen LogP) is 4.75. The lowest BCUT2D eigenvalue weighted by Crippen LogP contribution is -2.41. The van der Waals surface area contributed by atoms with E-state index in [1.165, 1.54) is 6.07 Å². The van der Waals surface area contributed by atoms with Crippen LogP contribution in [0.2, 0.25) is 0 Å². The third-order valence-electron chi connectivity index (χ3n) is 4.35. The molecule has 0 bridgehead atoms. The molecule has 0 fully saturated rings. The smallest absolute Gasteiger partial charge is 0.416 e. The molecule has 0 spiro atoms. The molecule has 1 heterocycles. The van der Waals surface area contributed by atoms with E-state index in [9.17, 15) is 13.2 Å². The summed E-state index contributed by atoms with van der Waals surface area (Å²) in [6.07, 6.45) is -3.57. The lowest BCUT2D eigenvalue weighted by atomic mass is 10.0. The summed E-state index contributed by atoms with van der Waals surface area (Å²) in [6.45, 7) is 3.42. The number of ether oxygens (including phenoxy) is 1. The van der Waals surface area contributed by atoms with E-state index in [0.717, 1.165) is 29.9 Å². The second-order valence-electron chi connectivity index (χ2n) is 6.45. The van der Waals surface area contributed by atoms with E-state index in [4.69, 9.17) is 4.74 Å². The molecule has 30 heavy (non-hydrogen) atoms. The molecule has 0 amide bonds. The number of rotatable bonds is 3. The molecular weight excluding hydrogens is 506 g/mol. The molecule has 1 aliphatic heterocycles. The first kappa shape index (κ1) is 23.9. The highest BCUT2D eigenvalue weighted by Crippen LogP contribution is 2.31. The summed E-state index contributed by atoms with van der Waals surface area (Å²) in [4.78, 5) is 4.42. The normalized spacial score (nSPS) is 15.6. The van der Waals surface area contributed by atoms with Gasteiger partial charge >= 0.3 is 6.18 Å². The molecule has 4 nitrogen and oxygen atoms in total. The third kappa shape index (κ3) is 6.55. The van der Waals surface area contributed by atoms with E-state index < -0.39 is 11.7 Å². The van der Waals surface area contributed by atoms with Gasteiger partial charge in [-0.05, 0) is 31.2 Å². The van der Waals surface area contributed by atoms with Gasteiger partial charge in [0.05, 0.1) is 18.2 Å². The minimum Gasteiger partial charge on any atom is -0.493 e. The van der Waals surface area contributed by atoms with E-state index >= 15 is 0 Å². The summed E-state index contributed by atoms with van der Waals surface area (Å²) in [6, 6.07) is 12.9. The second-order valence-corrected chi connectivity index (χ2v) is 6.45. The summed E-state index contributed by atoms with van der Waals surface area (Å²) in [5.41, 5.74) is 0.673. The highest BCUT2D eigenvalue weighted by molar-refractivity contribution is 14.0. The Morgan fingerprint density at radius 3 is 2.77 bits per heavy atom. The monoisotopic (exact) mass is 529 g/mol. The maximum absolute atomic E-state index is 12.8. The van der Waals surface area contributed by atoms with Gasteiger partial charge in [0.25, 0.3) is 0 Å². The number of nitrogens with zero attached hydrogens (tertiary/aromatic N) is 1. The van der Waals surface area contributed by atoms with E-state index in [1.807, 2.05) is 31.2 Å². The quantitative estimate of drug-likeness (QED) is 0.261. The number of guanidine groups is 1. The fourth-order valence-corrected chi connectivity index (χ4v) is 3.01. The fourth-order valence-electron chi connectivity index (χ4n) is 3.01. The van der Waals surface area contributed by atoms with E-state index in [1.54, 1.807) is 6.07 Å². The molecule has 0 aliphatic carbocycles. The minimum absolute atomic E-state index is 0. The lowest BCUT2D eigenvalue weighted by Gasteiger charge is -2.28. The maximum atomic E-state index is 12.8. The highest BCUT2D eigenvalue weighted by atomic mass is 127. The van der Waals surface area contributed by atoms with Crippen LogP contribution >= 0.6 is 24.0 Å². The Balaban J connectivity index is 0.00000320. The number of nitrogens with one attached hydrogen (secondary N) is 2. The molecule has 0 saturated carbocycles. The number of fused-ring (bicyclic) bond motifs is 1. The Hall–Kier alpha value is -2.41. The molecular formula is C22H23F3IN3O. The Morgan fingerprint density at radius 2 is 2.00 bits per heavy atom. The van der Waals surface area contributed by atoms with Crippen molar-refractivity contribution in [2.75, 3.05) is 19.7 Å². The molecule has 160 valence electrons. The molecule has 2 N–H and O–H groups in total. The number of hydrogen-bond donors (Lipinski definition) is 2. The summed E-state index contributed by atoms with van der Waals surface area (Å²) >= 11 is 0. The Kier molecular flexibility index (Phi) is 8.84. The van der Waals surface area contributed by atoms with Crippen LogP contribution in [0.15, 0.2) is 53.5 Å². The number of benzene rings is 2. The van der Waals surface area contributed by atoms with Crippen LogP contribution in [0.1, 0.15) is 36.1 Å². The molecule has 0 saturated heterocycles. The number of alkyl halides is 3. The molecule has 3 rings (SSSR count). The molecule has 1 atom stereocenters. The number of halogens is 4. The van der Waals surface area contributed by atoms with Gasteiger partial charge in [0.1, 0.15) is 12.3 Å². The van der Waals surface area contributed by atoms with Crippen molar-refractivity contribution in [1.29, 1.82) is 0 Å². The SMILES string of the molecule is CCNC(=NCC#Cc1cccc(C(F)(F)F)c1)NC1CCOc2ccccc21.I. The zero-order chi connectivity index (χ0) is 20.7. The highest BCUT2D eigenvalue weighted by Gasteiger charge is 2.30. The topological polar surface area (TPSA) is 45.7 Å². The van der Waals surface area contributed by atoms with E-state index in [2.05, 4.69) is 27.5 Å². The van der Waals surface area contributed by atoms with Crippen LogP contribution in [0, 0.1) is 11.8 Å². The summed E-state index contributed by atoms with van der Waals surface area (Å²) < 4.78 is 44.0. The summed E-state index contributed by atoms with van der Waals surface area (Å²) in [7, 11) is 0. The van der Waals surface area contributed by atoms with Crippen molar-refractivity contribution in [1.82, 2.24) is 10.6 Å². The van der Waals surface area contributed by atoms with Gasteiger partial charge in [-0.15, -0.1) is 24.0 Å². The predicted molar refractivity (Wildman–Crippen MR) is 122 cm³/mol. The van der Waals surface area contributed by atoms with Gasteiger partial charge in [0, 0.05) is 24.1 Å². The Bertz CT molecular complexity index is 935. The van der Waals surface area contributed by atoms with Gasteiger partial charge < -0.3 is 15.4 Å². The van der Waals surface area contributed by atoms with Gasteiger partial charge in [-0.2, -0.15) is 13.2 Å². The van der Waals surface area contributed by atoms with Crippen LogP contribution < -0.4 is 15.4 Å². The number of hydrogen-bond acceptors (Lipinski definition) is 2. The van der Waals surface area contributed by atoms with Gasteiger partial charge in [0.2, 0.25) is 0 Å². The van der Waals surface area contributed by atoms with Crippen molar-refractivity contribution in [3.63, 3.8) is 0 Å². The largest absolute Gasteiger partial charge is 0.493 e. The van der Waals surface area contributed by atoms with Crippen LogP contribution in [-0.4, -0.2) is 25.7 Å². The minimum atomic E-state index is -4.38. The summed E-state index contributed by atoms with van der Waals surface area (Å²) in [5, 5.41) is 6.55. The third-order valence-corrected chi connectivity index (χ3v) is 4.35. The summed E-state index contributed by atoms with van der Waals surface area (Å²) in [5.74, 6) is 7.02. The zero-order valence-corrected chi connectivity index (χ0v) is 18.8. The number of aliphatic imine (C=N–C) groups is 1. The van der Waals surface area contributed by atoms with Crippen molar-refractivity contribution in [2.45, 2.75) is 25.6 Å². The first-order valence-corrected chi connectivity index (χ1v) is 9.40. The zero-order valence-electron chi connectivity index (χ0n) is 16.4. The van der Waals surface area contributed by atoms with Gasteiger partial charge in [0.15, 0.2) is 5.96 Å². The average Bonchev–Trinajstić information content (AvgIpc) is 2.71. The van der Waals surface area contributed by atoms with Crippen LogP contribution in [0.3, 0.4) is 0 Å². The fraction of sp³-hybridized carbons (Fsp3) is 0.318. The molecule has 1 aliphatic rings. The van der Waals surface area contributed by atoms with Crippen molar-refractivity contribution < 1.29 is 17.9 Å². The van der Waals surface area contributed by atoms with Gasteiger partial charge in [-0.3, -0.25) is 0 Å². The first-order chi connectivity index (χ1) is 14.0. The lowest BCUT2D eigenvalue weighted by molar-refractivity contribution is -0.137. The van der Waals surface area contributed by atoms with Gasteiger partial charge in [-0.1, -0.05) is 36.1 Å². The van der Waals surface area contributed by atoms with Crippen molar-refractivity contribution in [3.05, 3.63) is 65.2 Å². The van der Waals surface area contributed by atoms with Crippen LogP contribution in [0.5, 0.6) is 5.75 Å². The van der Waals surface area contributed by atoms with Crippen LogP contribution in [-0.2, 0) is 6.18 Å². The van der Waals surface area contributed by atoms with E-state index in [-0.39, 0.29) is 36.6 Å². The molecule has 1 unspecified atom stereocenters. The van der Waals surface area contributed by atoms with Gasteiger partial charge in [-0.25, -0.2) is 4.99 Å². The maximum Gasteiger partial charge on any atom is 0.416 e. The van der Waals surface area contributed by atoms with Crippen molar-refractivity contribution in [2.24, 2.45) is 4.99 Å². The average molecular weight is 529 g/mol. The van der Waals surface area contributed by atoms with Crippen molar-refractivity contribution >= 4 is 29.9 Å². The molecule has 2 aromatic rings. The van der Waals surface area contributed by atoms with Crippen molar-refractivity contribution in [3.8, 4) is 17.6 Å². The van der Waals surface area contributed by atoms with Crippen LogP contribution in [0.4, 0.5) is 13.2 Å². The molecule has 0 aromatic heterocycles. The first-order valence-electron chi connectivity index (χ1n) is 9.40. The molecule has 8 heteroatoms.